The van der Waals surface area contributed by atoms with Gasteiger partial charge in [0.05, 0.1) is 0 Å². The maximum atomic E-state index is 5.90. The molecule has 0 fully saturated rings. The Bertz CT molecular complexity index is 686. The Kier molecular flexibility index (Phi) is 4.28. The van der Waals surface area contributed by atoms with Crippen LogP contribution in [0.1, 0.15) is 19.4 Å². The van der Waals surface area contributed by atoms with Crippen molar-refractivity contribution >= 4 is 24.3 Å². The highest BCUT2D eigenvalue weighted by Crippen LogP contribution is 2.09. The fourth-order valence-electron chi connectivity index (χ4n) is 1.90. The molecule has 0 aliphatic carbocycles. The number of hydrogen-bond acceptors (Lipinski definition) is 0. The van der Waals surface area contributed by atoms with Crippen molar-refractivity contribution < 1.29 is 0 Å². The van der Waals surface area contributed by atoms with Crippen LogP contribution >= 0.6 is 11.6 Å². The fourth-order valence-corrected chi connectivity index (χ4v) is 2.03. The third-order valence-corrected chi connectivity index (χ3v) is 3.19. The van der Waals surface area contributed by atoms with Crippen molar-refractivity contribution in [1.29, 1.82) is 0 Å². The zero-order valence-corrected chi connectivity index (χ0v) is 12.1. The highest BCUT2D eigenvalue weighted by Gasteiger charge is 1.97. The van der Waals surface area contributed by atoms with Crippen molar-refractivity contribution in [3.63, 3.8) is 0 Å². The Morgan fingerprint density at radius 3 is 2.53 bits per heavy atom. The van der Waals surface area contributed by atoms with Gasteiger partial charge in [0, 0.05) is 23.1 Å². The van der Waals surface area contributed by atoms with Crippen molar-refractivity contribution in [3.8, 4) is 0 Å². The summed E-state index contributed by atoms with van der Waals surface area (Å²) in [5.74, 6) is 0. The molecule has 0 saturated heterocycles. The normalized spacial score (nSPS) is 11.6. The van der Waals surface area contributed by atoms with E-state index in [1.165, 1.54) is 11.1 Å². The van der Waals surface area contributed by atoms with E-state index >= 15 is 0 Å². The molecule has 2 heteroatoms. The van der Waals surface area contributed by atoms with E-state index in [4.69, 9.17) is 11.6 Å². The van der Waals surface area contributed by atoms with Gasteiger partial charge in [-0.2, -0.15) is 0 Å². The Balaban J connectivity index is 2.36. The number of halogens is 1. The number of hydrogen-bond donors (Lipinski definition) is 0. The lowest BCUT2D eigenvalue weighted by molar-refractivity contribution is 0.779. The first-order valence-corrected chi connectivity index (χ1v) is 6.68. The number of rotatable bonds is 3. The molecule has 0 bridgehead atoms. The summed E-state index contributed by atoms with van der Waals surface area (Å²) in [6.07, 6.45) is 6.30. The van der Waals surface area contributed by atoms with Gasteiger partial charge in [-0.05, 0) is 48.9 Å². The van der Waals surface area contributed by atoms with Gasteiger partial charge >= 0.3 is 0 Å². The van der Waals surface area contributed by atoms with Crippen molar-refractivity contribution in [3.05, 3.63) is 69.3 Å². The molecule has 98 valence electrons. The standard InChI is InChI=1S/C17H18ClN/c1-13(2)4-9-17-14(3)10-11-19(17)12-15-5-7-16(18)8-6-15/h4-11H,3,12H2,1-2H3/b17-9+. The van der Waals surface area contributed by atoms with Crippen LogP contribution < -0.4 is 10.6 Å². The van der Waals surface area contributed by atoms with Gasteiger partial charge in [0.1, 0.15) is 0 Å². The minimum absolute atomic E-state index is 0.769. The van der Waals surface area contributed by atoms with Crippen LogP contribution in [-0.4, -0.2) is 4.57 Å². The van der Waals surface area contributed by atoms with E-state index in [1.807, 2.05) is 18.2 Å². The summed E-state index contributed by atoms with van der Waals surface area (Å²) in [5.41, 5.74) is 2.51. The summed E-state index contributed by atoms with van der Waals surface area (Å²) in [6, 6.07) is 9.99. The van der Waals surface area contributed by atoms with E-state index < -0.39 is 0 Å². The first-order valence-electron chi connectivity index (χ1n) is 6.30. The van der Waals surface area contributed by atoms with Crippen molar-refractivity contribution in [2.75, 3.05) is 0 Å². The molecule has 0 saturated carbocycles. The van der Waals surface area contributed by atoms with Gasteiger partial charge in [-0.25, -0.2) is 0 Å². The molecule has 0 aliphatic rings. The molecule has 1 aromatic carbocycles. The molecular weight excluding hydrogens is 254 g/mol. The Morgan fingerprint density at radius 1 is 1.21 bits per heavy atom. The van der Waals surface area contributed by atoms with Gasteiger partial charge in [0.2, 0.25) is 0 Å². The monoisotopic (exact) mass is 271 g/mol. The predicted molar refractivity (Wildman–Crippen MR) is 83.7 cm³/mol. The lowest BCUT2D eigenvalue weighted by atomic mass is 10.2. The average Bonchev–Trinajstić information content (AvgIpc) is 2.70. The van der Waals surface area contributed by atoms with Crippen molar-refractivity contribution in [1.82, 2.24) is 4.57 Å². The predicted octanol–water partition coefficient (Wildman–Crippen LogP) is 3.35. The van der Waals surface area contributed by atoms with Gasteiger partial charge in [0.25, 0.3) is 0 Å². The number of nitrogens with zero attached hydrogens (tertiary/aromatic N) is 1. The van der Waals surface area contributed by atoms with E-state index in [0.717, 1.165) is 22.1 Å². The zero-order valence-electron chi connectivity index (χ0n) is 11.4. The van der Waals surface area contributed by atoms with Gasteiger partial charge in [-0.15, -0.1) is 0 Å². The zero-order chi connectivity index (χ0) is 13.8. The number of benzene rings is 1. The van der Waals surface area contributed by atoms with E-state index in [1.54, 1.807) is 0 Å². The molecule has 0 spiro atoms. The topological polar surface area (TPSA) is 4.93 Å². The van der Waals surface area contributed by atoms with Crippen LogP contribution in [0.25, 0.3) is 12.7 Å². The molecule has 0 unspecified atom stereocenters. The number of allylic oxidation sites excluding steroid dienone is 2. The van der Waals surface area contributed by atoms with E-state index in [2.05, 4.69) is 55.5 Å². The second-order valence-electron chi connectivity index (χ2n) is 4.89. The van der Waals surface area contributed by atoms with Crippen LogP contribution in [-0.2, 0) is 6.54 Å². The van der Waals surface area contributed by atoms with Gasteiger partial charge in [0.15, 0.2) is 0 Å². The molecule has 0 amide bonds. The summed E-state index contributed by atoms with van der Waals surface area (Å²) in [5, 5.41) is 2.97. The van der Waals surface area contributed by atoms with Crippen LogP contribution in [0.5, 0.6) is 0 Å². The quantitative estimate of drug-likeness (QED) is 0.807. The first kappa shape index (κ1) is 13.7. The average molecular weight is 272 g/mol. The highest BCUT2D eigenvalue weighted by molar-refractivity contribution is 6.30. The summed E-state index contributed by atoms with van der Waals surface area (Å²) >= 11 is 5.90. The van der Waals surface area contributed by atoms with Crippen LogP contribution in [0, 0.1) is 0 Å². The molecule has 0 N–H and O–H groups in total. The second-order valence-corrected chi connectivity index (χ2v) is 5.33. The molecule has 1 heterocycles. The molecular formula is C17H18ClN. The SMILES string of the molecule is C=c1ccn(Cc2ccc(Cl)cc2)/c1=C/C=C(C)C. The fraction of sp³-hybridized carbons (Fsp3) is 0.176. The maximum absolute atomic E-state index is 5.90. The Labute approximate surface area is 119 Å². The smallest absolute Gasteiger partial charge is 0.0477 e. The van der Waals surface area contributed by atoms with Crippen molar-refractivity contribution in [2.24, 2.45) is 0 Å². The number of aromatic nitrogens is 1. The second kappa shape index (κ2) is 5.94. The van der Waals surface area contributed by atoms with Gasteiger partial charge in [-0.3, -0.25) is 0 Å². The Hall–Kier alpha value is -1.73. The largest absolute Gasteiger partial charge is 0.343 e. The minimum Gasteiger partial charge on any atom is -0.343 e. The molecule has 1 nitrogen and oxygen atoms in total. The summed E-state index contributed by atoms with van der Waals surface area (Å²) in [4.78, 5) is 0. The van der Waals surface area contributed by atoms with E-state index in [0.29, 0.717) is 0 Å². The molecule has 0 aliphatic heterocycles. The third-order valence-electron chi connectivity index (χ3n) is 2.93. The van der Waals surface area contributed by atoms with Crippen molar-refractivity contribution in [2.45, 2.75) is 20.4 Å². The first-order chi connectivity index (χ1) is 9.06. The summed E-state index contributed by atoms with van der Waals surface area (Å²) in [6.45, 7) is 9.08. The molecule has 0 atom stereocenters. The highest BCUT2D eigenvalue weighted by atomic mass is 35.5. The van der Waals surface area contributed by atoms with Crippen LogP contribution in [0.4, 0.5) is 0 Å². The molecule has 0 radical (unpaired) electrons. The van der Waals surface area contributed by atoms with Crippen LogP contribution in [0.3, 0.4) is 0 Å². The molecule has 2 aromatic rings. The molecule has 1 aromatic heterocycles. The van der Waals surface area contributed by atoms with Gasteiger partial charge in [-0.1, -0.05) is 42.0 Å². The summed E-state index contributed by atoms with van der Waals surface area (Å²) < 4.78 is 2.20. The van der Waals surface area contributed by atoms with Crippen LogP contribution in [0.15, 0.2) is 48.2 Å². The Morgan fingerprint density at radius 2 is 1.89 bits per heavy atom. The maximum Gasteiger partial charge on any atom is 0.0477 e. The summed E-state index contributed by atoms with van der Waals surface area (Å²) in [7, 11) is 0. The lowest BCUT2D eigenvalue weighted by Crippen LogP contribution is -2.27. The molecule has 2 rings (SSSR count). The third kappa shape index (κ3) is 3.62. The van der Waals surface area contributed by atoms with E-state index in [9.17, 15) is 0 Å². The van der Waals surface area contributed by atoms with Crippen LogP contribution in [0.2, 0.25) is 5.02 Å². The molecule has 19 heavy (non-hydrogen) atoms. The van der Waals surface area contributed by atoms with E-state index in [-0.39, 0.29) is 0 Å². The lowest BCUT2D eigenvalue weighted by Gasteiger charge is -2.04. The van der Waals surface area contributed by atoms with Gasteiger partial charge < -0.3 is 4.57 Å². The minimum atomic E-state index is 0.769.